The van der Waals surface area contributed by atoms with Crippen molar-refractivity contribution in [3.8, 4) is 17.2 Å². The highest BCUT2D eigenvalue weighted by Gasteiger charge is 2.31. The number of benzene rings is 3. The van der Waals surface area contributed by atoms with Gasteiger partial charge in [-0.25, -0.2) is 13.6 Å². The molecular formula is C25H17F2O2S+. The molecule has 2 nitrogen and oxygen atoms in total. The lowest BCUT2D eigenvalue weighted by Crippen LogP contribution is -2.28. The Labute approximate surface area is 175 Å². The summed E-state index contributed by atoms with van der Waals surface area (Å²) in [5, 5.41) is 3.26. The first-order valence-electron chi connectivity index (χ1n) is 9.18. The lowest BCUT2D eigenvalue weighted by molar-refractivity contribution is 0.0127. The second-order valence-electron chi connectivity index (χ2n) is 6.93. The summed E-state index contributed by atoms with van der Waals surface area (Å²) in [6.07, 6.45) is 5.57. The van der Waals surface area contributed by atoms with Crippen molar-refractivity contribution in [2.24, 2.45) is 0 Å². The Morgan fingerprint density at radius 2 is 1.73 bits per heavy atom. The molecular weight excluding hydrogens is 402 g/mol. The van der Waals surface area contributed by atoms with Gasteiger partial charge in [-0.2, -0.15) is 0 Å². The Hall–Kier alpha value is -3.49. The van der Waals surface area contributed by atoms with Crippen LogP contribution in [0, 0.1) is 24.0 Å². The van der Waals surface area contributed by atoms with Crippen molar-refractivity contribution in [2.45, 2.75) is 12.5 Å². The number of carbonyl (C=O) groups excluding carboxylic acids is 1. The molecule has 0 bridgehead atoms. The maximum absolute atomic E-state index is 13.6. The average molecular weight is 419 g/mol. The summed E-state index contributed by atoms with van der Waals surface area (Å²) in [4.78, 5) is 13.8. The molecule has 2 unspecified atom stereocenters. The van der Waals surface area contributed by atoms with E-state index in [1.165, 1.54) is 11.6 Å². The molecule has 0 fully saturated rings. The van der Waals surface area contributed by atoms with Gasteiger partial charge in [0.2, 0.25) is 0 Å². The van der Waals surface area contributed by atoms with E-state index in [1.807, 2.05) is 24.3 Å². The smallest absolute Gasteiger partial charge is 0.340 e. The summed E-state index contributed by atoms with van der Waals surface area (Å²) in [6.45, 7) is 1.43. The molecule has 0 radical (unpaired) electrons. The van der Waals surface area contributed by atoms with Gasteiger partial charge in [-0.3, -0.25) is 0 Å². The minimum Gasteiger partial charge on any atom is -0.438 e. The lowest BCUT2D eigenvalue weighted by atomic mass is 9.96. The van der Waals surface area contributed by atoms with Crippen molar-refractivity contribution in [3.63, 3.8) is 0 Å². The fraction of sp³-hybridized carbons (Fsp3) is 0.0800. The van der Waals surface area contributed by atoms with Crippen LogP contribution in [-0.4, -0.2) is 5.97 Å². The van der Waals surface area contributed by atoms with Gasteiger partial charge in [0.05, 0.1) is 5.56 Å². The highest BCUT2D eigenvalue weighted by atomic mass is 32.2. The first kappa shape index (κ1) is 19.8. The fourth-order valence-corrected chi connectivity index (χ4v) is 5.18. The first-order valence-corrected chi connectivity index (χ1v) is 10.5. The molecule has 3 aromatic carbocycles. The van der Waals surface area contributed by atoms with E-state index < -0.39 is 23.2 Å². The van der Waals surface area contributed by atoms with E-state index in [9.17, 15) is 13.6 Å². The predicted molar refractivity (Wildman–Crippen MR) is 116 cm³/mol. The molecule has 0 aliphatic heterocycles. The second-order valence-corrected chi connectivity index (χ2v) is 8.79. The fourth-order valence-electron chi connectivity index (χ4n) is 3.24. The number of hydrogen-bond acceptors (Lipinski definition) is 2. The highest BCUT2D eigenvalue weighted by Crippen LogP contribution is 2.40. The van der Waals surface area contributed by atoms with Gasteiger partial charge in [0, 0.05) is 39.6 Å². The van der Waals surface area contributed by atoms with Crippen molar-refractivity contribution in [3.05, 3.63) is 101 Å². The first-order chi connectivity index (χ1) is 14.4. The number of rotatable bonds is 4. The predicted octanol–water partition coefficient (Wildman–Crippen LogP) is 6.56. The number of fused-ring (bicyclic) bond motifs is 1. The zero-order valence-electron chi connectivity index (χ0n) is 16.1. The topological polar surface area (TPSA) is 26.3 Å². The number of esters is 1. The van der Waals surface area contributed by atoms with Gasteiger partial charge in [0.1, 0.15) is 17.0 Å². The number of ether oxygens (including phenoxy) is 1. The molecule has 4 rings (SSSR count). The Morgan fingerprint density at radius 3 is 2.47 bits per heavy atom. The maximum atomic E-state index is 13.6. The summed E-state index contributed by atoms with van der Waals surface area (Å²) < 4.78 is 34.0. The van der Waals surface area contributed by atoms with Gasteiger partial charge < -0.3 is 4.74 Å². The van der Waals surface area contributed by atoms with Gasteiger partial charge in [0.25, 0.3) is 0 Å². The molecule has 30 heavy (non-hydrogen) atoms. The van der Waals surface area contributed by atoms with E-state index in [2.05, 4.69) is 23.4 Å². The van der Waals surface area contributed by atoms with Crippen LogP contribution in [0.2, 0.25) is 0 Å². The van der Waals surface area contributed by atoms with Crippen LogP contribution in [0.4, 0.5) is 8.78 Å². The minimum absolute atomic E-state index is 0.0570. The Morgan fingerprint density at radius 1 is 1.00 bits per heavy atom. The Bertz CT molecular complexity index is 1280. The minimum atomic E-state index is -1.61. The number of carbonyl (C=O) groups is 1. The molecule has 0 aliphatic rings. The molecule has 5 heteroatoms. The molecule has 0 saturated heterocycles. The molecule has 0 N–H and O–H groups in total. The molecule has 0 spiro atoms. The van der Waals surface area contributed by atoms with E-state index in [0.717, 1.165) is 28.5 Å². The molecule has 0 amide bonds. The maximum Gasteiger partial charge on any atom is 0.340 e. The van der Waals surface area contributed by atoms with Crippen molar-refractivity contribution in [1.29, 1.82) is 0 Å². The third-order valence-corrected chi connectivity index (χ3v) is 6.86. The Kier molecular flexibility index (Phi) is 5.11. The molecule has 1 heterocycles. The van der Waals surface area contributed by atoms with E-state index in [0.29, 0.717) is 5.56 Å². The van der Waals surface area contributed by atoms with Crippen LogP contribution in [-0.2, 0) is 10.3 Å². The standard InChI is InChI=1S/C25H17F2O2S/c1-3-25(2,19-14-20(26)16-21(27)15-19)29-24(28)18-8-6-9-22(13-18)30-12-11-17-7-4-5-10-23(17)30/h1,4-16H,2H3/q+1. The van der Waals surface area contributed by atoms with E-state index in [-0.39, 0.29) is 16.0 Å². The van der Waals surface area contributed by atoms with Gasteiger partial charge >= 0.3 is 5.97 Å². The quantitative estimate of drug-likeness (QED) is 0.213. The number of terminal acetylenes is 1. The lowest BCUT2D eigenvalue weighted by Gasteiger charge is -2.24. The molecule has 0 aliphatic carbocycles. The molecule has 4 aromatic rings. The van der Waals surface area contributed by atoms with Gasteiger partial charge in [-0.1, -0.05) is 24.1 Å². The summed E-state index contributed by atoms with van der Waals surface area (Å²) in [6, 6.07) is 20.1. The monoisotopic (exact) mass is 419 g/mol. The van der Waals surface area contributed by atoms with Crippen molar-refractivity contribution in [2.75, 3.05) is 0 Å². The Balaban J connectivity index is 1.67. The van der Waals surface area contributed by atoms with Crippen LogP contribution < -0.4 is 0 Å². The zero-order valence-corrected chi connectivity index (χ0v) is 16.9. The zero-order chi connectivity index (χ0) is 21.3. The third-order valence-electron chi connectivity index (χ3n) is 4.85. The third kappa shape index (κ3) is 3.70. The van der Waals surface area contributed by atoms with Gasteiger partial charge in [-0.05, 0) is 43.3 Å². The van der Waals surface area contributed by atoms with Crippen LogP contribution in [0.5, 0.6) is 0 Å². The normalized spacial score (nSPS) is 13.5. The van der Waals surface area contributed by atoms with Crippen LogP contribution >= 0.6 is 10.5 Å². The van der Waals surface area contributed by atoms with Crippen molar-refractivity contribution < 1.29 is 18.3 Å². The van der Waals surface area contributed by atoms with Crippen LogP contribution in [0.25, 0.3) is 15.0 Å². The molecule has 2 atom stereocenters. The summed E-state index contributed by atoms with van der Waals surface area (Å²) >= 11 is 0. The van der Waals surface area contributed by atoms with Crippen molar-refractivity contribution in [1.82, 2.24) is 0 Å². The van der Waals surface area contributed by atoms with Crippen molar-refractivity contribution >= 4 is 26.5 Å². The van der Waals surface area contributed by atoms with E-state index in [1.54, 1.807) is 18.2 Å². The SMILES string of the molecule is C#CC(C)(OC(=O)c1cccc(-[s+]2ccc3ccccc32)c1)c1cc(F)cc(F)c1. The number of hydrogen-bond donors (Lipinski definition) is 0. The second kappa shape index (κ2) is 7.74. The number of thiophene rings is 1. The van der Waals surface area contributed by atoms with E-state index >= 15 is 0 Å². The van der Waals surface area contributed by atoms with Crippen LogP contribution in [0.15, 0.2) is 78.2 Å². The average Bonchev–Trinajstić information content (AvgIpc) is 3.17. The molecule has 148 valence electrons. The summed E-state index contributed by atoms with van der Waals surface area (Å²) in [5.41, 5.74) is -1.24. The van der Waals surface area contributed by atoms with Gasteiger partial charge in [-0.15, -0.1) is 6.42 Å². The largest absolute Gasteiger partial charge is 0.438 e. The van der Waals surface area contributed by atoms with Crippen LogP contribution in [0.3, 0.4) is 0 Å². The van der Waals surface area contributed by atoms with Crippen LogP contribution in [0.1, 0.15) is 22.8 Å². The molecule has 1 aromatic heterocycles. The summed E-state index contributed by atoms with van der Waals surface area (Å²) in [5.74, 6) is 0.0938. The number of halogens is 2. The van der Waals surface area contributed by atoms with E-state index in [4.69, 9.17) is 11.2 Å². The highest BCUT2D eigenvalue weighted by molar-refractivity contribution is 7.43. The van der Waals surface area contributed by atoms with Gasteiger partial charge in [0.15, 0.2) is 15.2 Å². The molecule has 0 saturated carbocycles. The summed E-state index contributed by atoms with van der Waals surface area (Å²) in [7, 11) is -0.287.